The first-order valence-electron chi connectivity index (χ1n) is 9.13. The second kappa shape index (κ2) is 8.97. The van der Waals surface area contributed by atoms with E-state index < -0.39 is 0 Å². The molecule has 0 aliphatic carbocycles. The molecule has 1 aromatic carbocycles. The van der Waals surface area contributed by atoms with Crippen molar-refractivity contribution in [3.8, 4) is 0 Å². The third-order valence-electron chi connectivity index (χ3n) is 4.49. The van der Waals surface area contributed by atoms with Gasteiger partial charge in [0.05, 0.1) is 17.2 Å². The van der Waals surface area contributed by atoms with Crippen molar-refractivity contribution >= 4 is 38.6 Å². The van der Waals surface area contributed by atoms with Gasteiger partial charge in [-0.05, 0) is 43.7 Å². The van der Waals surface area contributed by atoms with E-state index in [2.05, 4.69) is 50.0 Å². The van der Waals surface area contributed by atoms with E-state index in [-0.39, 0.29) is 18.0 Å². The van der Waals surface area contributed by atoms with Gasteiger partial charge >= 0.3 is 0 Å². The highest BCUT2D eigenvalue weighted by Crippen LogP contribution is 2.15. The van der Waals surface area contributed by atoms with Crippen molar-refractivity contribution in [1.82, 2.24) is 19.9 Å². The first-order chi connectivity index (χ1) is 13.5. The van der Waals surface area contributed by atoms with Gasteiger partial charge < -0.3 is 10.2 Å². The Labute approximate surface area is 171 Å². The Hall–Kier alpha value is -2.74. The van der Waals surface area contributed by atoms with Crippen molar-refractivity contribution in [2.24, 2.45) is 0 Å². The van der Waals surface area contributed by atoms with Crippen LogP contribution >= 0.6 is 15.9 Å². The molecule has 2 aromatic heterocycles. The molecule has 0 atom stereocenters. The van der Waals surface area contributed by atoms with Crippen LogP contribution in [0.2, 0.25) is 0 Å². The lowest BCUT2D eigenvalue weighted by Crippen LogP contribution is -2.32. The Morgan fingerprint density at radius 2 is 1.96 bits per heavy atom. The van der Waals surface area contributed by atoms with Crippen LogP contribution in [-0.2, 0) is 17.9 Å². The smallest absolute Gasteiger partial charge is 0.261 e. The van der Waals surface area contributed by atoms with Crippen LogP contribution in [0.3, 0.4) is 0 Å². The van der Waals surface area contributed by atoms with Gasteiger partial charge in [-0.15, -0.1) is 0 Å². The molecule has 1 N–H and O–H groups in total. The second-order valence-electron chi connectivity index (χ2n) is 6.31. The molecule has 146 valence electrons. The minimum atomic E-state index is -0.258. The molecular formula is C20H22BrN5O2. The van der Waals surface area contributed by atoms with E-state index in [0.717, 1.165) is 28.9 Å². The van der Waals surface area contributed by atoms with Crippen LogP contribution in [0.1, 0.15) is 19.4 Å². The summed E-state index contributed by atoms with van der Waals surface area (Å²) < 4.78 is 2.10. The minimum absolute atomic E-state index is 0.0841. The van der Waals surface area contributed by atoms with Crippen LogP contribution in [-0.4, -0.2) is 33.5 Å². The fourth-order valence-corrected chi connectivity index (χ4v) is 3.27. The number of amides is 1. The summed E-state index contributed by atoms with van der Waals surface area (Å²) in [5.41, 5.74) is 1.26. The second-order valence-corrected chi connectivity index (χ2v) is 7.23. The molecule has 0 bridgehead atoms. The summed E-state index contributed by atoms with van der Waals surface area (Å²) >= 11 is 3.35. The highest BCUT2D eigenvalue weighted by atomic mass is 79.9. The van der Waals surface area contributed by atoms with Crippen LogP contribution < -0.4 is 15.8 Å². The van der Waals surface area contributed by atoms with Crippen LogP contribution in [0.5, 0.6) is 0 Å². The number of hydrogen-bond acceptors (Lipinski definition) is 5. The van der Waals surface area contributed by atoms with Gasteiger partial charge in [-0.25, -0.2) is 9.97 Å². The first-order valence-corrected chi connectivity index (χ1v) is 9.92. The molecular weight excluding hydrogens is 422 g/mol. The third-order valence-corrected chi connectivity index (χ3v) is 4.98. The number of nitrogens with one attached hydrogen (secondary N) is 1. The third kappa shape index (κ3) is 4.56. The van der Waals surface area contributed by atoms with E-state index in [9.17, 15) is 9.59 Å². The SMILES string of the molecule is CCN(CC)c1ccc(CNC(=O)Cn2cnc3ccc(Br)cc3c2=O)cn1. The number of halogens is 1. The maximum Gasteiger partial charge on any atom is 0.261 e. The molecule has 0 radical (unpaired) electrons. The van der Waals surface area contributed by atoms with Crippen LogP contribution in [0.4, 0.5) is 5.82 Å². The van der Waals surface area contributed by atoms with Gasteiger partial charge in [0.25, 0.3) is 5.56 Å². The summed E-state index contributed by atoms with van der Waals surface area (Å²) in [4.78, 5) is 35.7. The number of aromatic nitrogens is 3. The molecule has 3 rings (SSSR count). The minimum Gasteiger partial charge on any atom is -0.357 e. The molecule has 0 aliphatic heterocycles. The molecule has 8 heteroatoms. The Morgan fingerprint density at radius 1 is 1.18 bits per heavy atom. The van der Waals surface area contributed by atoms with Crippen LogP contribution in [0, 0.1) is 0 Å². The number of nitrogens with zero attached hydrogens (tertiary/aromatic N) is 4. The summed E-state index contributed by atoms with van der Waals surface area (Å²) in [7, 11) is 0. The fraction of sp³-hybridized carbons (Fsp3) is 0.300. The van der Waals surface area contributed by atoms with E-state index in [1.807, 2.05) is 18.2 Å². The Balaban J connectivity index is 1.64. The molecule has 28 heavy (non-hydrogen) atoms. The van der Waals surface area contributed by atoms with Crippen molar-refractivity contribution in [1.29, 1.82) is 0 Å². The van der Waals surface area contributed by atoms with Crippen molar-refractivity contribution < 1.29 is 4.79 Å². The molecule has 3 aromatic rings. The van der Waals surface area contributed by atoms with E-state index in [0.29, 0.717) is 17.4 Å². The zero-order valence-electron chi connectivity index (χ0n) is 15.9. The maximum atomic E-state index is 12.6. The molecule has 1 amide bonds. The number of rotatable bonds is 7. The largest absolute Gasteiger partial charge is 0.357 e. The molecule has 7 nitrogen and oxygen atoms in total. The van der Waals surface area contributed by atoms with Crippen LogP contribution in [0.25, 0.3) is 10.9 Å². The predicted octanol–water partition coefficient (Wildman–Crippen LogP) is 2.72. The molecule has 0 saturated heterocycles. The van der Waals surface area contributed by atoms with E-state index in [1.54, 1.807) is 18.3 Å². The lowest BCUT2D eigenvalue weighted by molar-refractivity contribution is -0.121. The summed E-state index contributed by atoms with van der Waals surface area (Å²) in [6.07, 6.45) is 3.16. The van der Waals surface area contributed by atoms with Gasteiger partial charge in [-0.3, -0.25) is 14.2 Å². The number of hydrogen-bond donors (Lipinski definition) is 1. The van der Waals surface area contributed by atoms with Gasteiger partial charge in [0.15, 0.2) is 0 Å². The van der Waals surface area contributed by atoms with Crippen molar-refractivity contribution in [3.63, 3.8) is 0 Å². The molecule has 2 heterocycles. The number of fused-ring (bicyclic) bond motifs is 1. The molecule has 0 fully saturated rings. The van der Waals surface area contributed by atoms with Crippen molar-refractivity contribution in [2.75, 3.05) is 18.0 Å². The molecule has 0 aliphatic rings. The number of benzene rings is 1. The van der Waals surface area contributed by atoms with Crippen molar-refractivity contribution in [3.05, 3.63) is 63.2 Å². The standard InChI is InChI=1S/C20H22BrN5O2/c1-3-25(4-2)18-8-5-14(10-22-18)11-23-19(27)12-26-13-24-17-7-6-15(21)9-16(17)20(26)28/h5-10,13H,3-4,11-12H2,1-2H3,(H,23,27). The molecule has 0 saturated carbocycles. The maximum absolute atomic E-state index is 12.6. The van der Waals surface area contributed by atoms with Gasteiger partial charge in [-0.1, -0.05) is 22.0 Å². The molecule has 0 spiro atoms. The zero-order valence-corrected chi connectivity index (χ0v) is 17.4. The van der Waals surface area contributed by atoms with E-state index in [1.165, 1.54) is 10.9 Å². The Morgan fingerprint density at radius 3 is 2.64 bits per heavy atom. The van der Waals surface area contributed by atoms with E-state index >= 15 is 0 Å². The van der Waals surface area contributed by atoms with Gasteiger partial charge in [0, 0.05) is 30.3 Å². The number of carbonyl (C=O) groups is 1. The fourth-order valence-electron chi connectivity index (χ4n) is 2.91. The normalized spacial score (nSPS) is 10.8. The zero-order chi connectivity index (χ0) is 20.1. The van der Waals surface area contributed by atoms with Crippen LogP contribution in [0.15, 0.2) is 52.1 Å². The summed E-state index contributed by atoms with van der Waals surface area (Å²) in [6.45, 7) is 6.23. The summed E-state index contributed by atoms with van der Waals surface area (Å²) in [5, 5.41) is 3.29. The summed E-state index contributed by atoms with van der Waals surface area (Å²) in [5.74, 6) is 0.658. The lowest BCUT2D eigenvalue weighted by atomic mass is 10.2. The summed E-state index contributed by atoms with van der Waals surface area (Å²) in [6, 6.07) is 9.19. The molecule has 0 unspecified atom stereocenters. The topological polar surface area (TPSA) is 80.1 Å². The highest BCUT2D eigenvalue weighted by molar-refractivity contribution is 9.10. The Bertz CT molecular complexity index is 1030. The monoisotopic (exact) mass is 443 g/mol. The lowest BCUT2D eigenvalue weighted by Gasteiger charge is -2.19. The van der Waals surface area contributed by atoms with Gasteiger partial charge in [0.1, 0.15) is 12.4 Å². The highest BCUT2D eigenvalue weighted by Gasteiger charge is 2.09. The predicted molar refractivity (Wildman–Crippen MR) is 113 cm³/mol. The average Bonchev–Trinajstić information content (AvgIpc) is 2.71. The average molecular weight is 444 g/mol. The van der Waals surface area contributed by atoms with Gasteiger partial charge in [-0.2, -0.15) is 0 Å². The first kappa shape index (κ1) is 20.0. The number of anilines is 1. The van der Waals surface area contributed by atoms with E-state index in [4.69, 9.17) is 0 Å². The van der Waals surface area contributed by atoms with Crippen molar-refractivity contribution in [2.45, 2.75) is 26.9 Å². The Kier molecular flexibility index (Phi) is 6.41. The quantitative estimate of drug-likeness (QED) is 0.606. The van der Waals surface area contributed by atoms with Gasteiger partial charge in [0.2, 0.25) is 5.91 Å². The number of carbonyl (C=O) groups excluding carboxylic acids is 1. The number of pyridine rings is 1.